The van der Waals surface area contributed by atoms with Gasteiger partial charge in [0.2, 0.25) is 0 Å². The molecule has 0 amide bonds. The van der Waals surface area contributed by atoms with Gasteiger partial charge in [-0.2, -0.15) is 0 Å². The maximum atomic E-state index is 8.89. The average Bonchev–Trinajstić information content (AvgIpc) is 2.30. The van der Waals surface area contributed by atoms with Gasteiger partial charge in [-0.1, -0.05) is 12.2 Å². The normalized spacial score (nSPS) is 19.6. The molecular weight excluding hydrogens is 208 g/mol. The van der Waals surface area contributed by atoms with E-state index in [9.17, 15) is 0 Å². The molecule has 0 aromatic rings. The van der Waals surface area contributed by atoms with Crippen molar-refractivity contribution in [2.75, 3.05) is 26.3 Å². The lowest BCUT2D eigenvalue weighted by atomic mass is 10.0. The molecule has 0 saturated carbocycles. The minimum Gasteiger partial charge on any atom is -0.411 e. The van der Waals surface area contributed by atoms with Crippen LogP contribution in [0.2, 0.25) is 0 Å². The van der Waals surface area contributed by atoms with Crippen LogP contribution in [-0.4, -0.2) is 58.2 Å². The van der Waals surface area contributed by atoms with Crippen molar-refractivity contribution in [3.63, 3.8) is 0 Å². The van der Waals surface area contributed by atoms with Gasteiger partial charge in [0.25, 0.3) is 0 Å². The largest absolute Gasteiger partial charge is 0.411 e. The Balaban J connectivity index is 2.77. The molecule has 1 rings (SSSR count). The van der Waals surface area contributed by atoms with E-state index in [1.807, 2.05) is 28.9 Å². The van der Waals surface area contributed by atoms with E-state index in [0.29, 0.717) is 13.1 Å². The Hall–Kier alpha value is -1.46. The summed E-state index contributed by atoms with van der Waals surface area (Å²) in [5.41, 5.74) is 0.936. The molecule has 0 aromatic heterocycles. The molecule has 0 atom stereocenters. The molecule has 0 radical (unpaired) electrons. The van der Waals surface area contributed by atoms with Crippen molar-refractivity contribution in [1.82, 2.24) is 0 Å². The molecule has 5 nitrogen and oxygen atoms in total. The Labute approximate surface area is 94.3 Å². The van der Waals surface area contributed by atoms with Gasteiger partial charge in [0.05, 0.1) is 6.21 Å². The predicted molar refractivity (Wildman–Crippen MR) is 61.2 cm³/mol. The minimum absolute atomic E-state index is 0.00106. The zero-order chi connectivity index (χ0) is 11.8. The van der Waals surface area contributed by atoms with Gasteiger partial charge in [0.15, 0.2) is 18.8 Å². The fourth-order valence-electron chi connectivity index (χ4n) is 1.54. The van der Waals surface area contributed by atoms with E-state index >= 15 is 0 Å². The van der Waals surface area contributed by atoms with E-state index in [2.05, 4.69) is 5.16 Å². The molecule has 3 N–H and O–H groups in total. The van der Waals surface area contributed by atoms with Crippen LogP contribution in [0.1, 0.15) is 0 Å². The standard InChI is InChI=1S/C11H16N2O3/c14-7-5-13(6-8-15)11-3-1-10(2-4-11)9-12-16/h1-4,9-10,14-15H,5-8H2/p+1/b12-9-. The minimum atomic E-state index is -0.00106. The number of rotatable bonds is 5. The van der Waals surface area contributed by atoms with E-state index in [4.69, 9.17) is 15.4 Å². The molecule has 0 aliphatic heterocycles. The average molecular weight is 225 g/mol. The first-order valence-electron chi connectivity index (χ1n) is 5.19. The summed E-state index contributed by atoms with van der Waals surface area (Å²) < 4.78 is 1.89. The maximum absolute atomic E-state index is 8.89. The molecule has 0 spiro atoms. The van der Waals surface area contributed by atoms with Crippen molar-refractivity contribution in [1.29, 1.82) is 0 Å². The zero-order valence-electron chi connectivity index (χ0n) is 9.03. The molecule has 0 unspecified atom stereocenters. The van der Waals surface area contributed by atoms with Crippen LogP contribution in [0.25, 0.3) is 0 Å². The fraction of sp³-hybridized carbons (Fsp3) is 0.455. The van der Waals surface area contributed by atoms with Gasteiger partial charge in [0, 0.05) is 18.1 Å². The molecule has 0 bridgehead atoms. The Morgan fingerprint density at radius 1 is 1.19 bits per heavy atom. The number of nitrogens with zero attached hydrogens (tertiary/aromatic N) is 2. The fourth-order valence-corrected chi connectivity index (χ4v) is 1.54. The Kier molecular flexibility index (Phi) is 5.45. The summed E-state index contributed by atoms with van der Waals surface area (Å²) in [7, 11) is 0. The predicted octanol–water partition coefficient (Wildman–Crippen LogP) is -0.373. The highest BCUT2D eigenvalue weighted by molar-refractivity contribution is 6.02. The Morgan fingerprint density at radius 2 is 1.75 bits per heavy atom. The summed E-state index contributed by atoms with van der Waals surface area (Å²) in [5.74, 6) is -0.00106. The molecule has 1 aliphatic rings. The summed E-state index contributed by atoms with van der Waals surface area (Å²) >= 11 is 0. The lowest BCUT2D eigenvalue weighted by Gasteiger charge is -2.07. The third kappa shape index (κ3) is 3.60. The number of oxime groups is 1. The lowest BCUT2D eigenvalue weighted by Crippen LogP contribution is -2.26. The highest BCUT2D eigenvalue weighted by Gasteiger charge is 2.12. The summed E-state index contributed by atoms with van der Waals surface area (Å²) in [6, 6.07) is 0. The first-order chi connectivity index (χ1) is 7.81. The van der Waals surface area contributed by atoms with Gasteiger partial charge in [-0.05, 0) is 0 Å². The highest BCUT2D eigenvalue weighted by atomic mass is 16.4. The third-order valence-corrected chi connectivity index (χ3v) is 2.32. The van der Waals surface area contributed by atoms with Crippen LogP contribution in [-0.2, 0) is 0 Å². The maximum Gasteiger partial charge on any atom is 0.199 e. The first-order valence-corrected chi connectivity index (χ1v) is 5.19. The van der Waals surface area contributed by atoms with E-state index in [1.165, 1.54) is 6.21 Å². The summed E-state index contributed by atoms with van der Waals surface area (Å²) in [4.78, 5) is 0. The van der Waals surface area contributed by atoms with Gasteiger partial charge < -0.3 is 15.4 Å². The molecular formula is C11H17N2O3+. The van der Waals surface area contributed by atoms with E-state index in [-0.39, 0.29) is 19.1 Å². The van der Waals surface area contributed by atoms with E-state index in [1.54, 1.807) is 0 Å². The van der Waals surface area contributed by atoms with Crippen LogP contribution in [0.3, 0.4) is 0 Å². The van der Waals surface area contributed by atoms with Crippen molar-refractivity contribution >= 4 is 11.9 Å². The number of hydrogen-bond donors (Lipinski definition) is 3. The molecule has 16 heavy (non-hydrogen) atoms. The number of aliphatic hydroxyl groups is 2. The SMILES string of the molecule is OCC[N+](CCO)=C1C=CC(/C=N\O)C=C1. The Bertz CT molecular complexity index is 308. The second-order valence-electron chi connectivity index (χ2n) is 3.42. The summed E-state index contributed by atoms with van der Waals surface area (Å²) in [6.07, 6.45) is 8.97. The zero-order valence-corrected chi connectivity index (χ0v) is 9.03. The second-order valence-corrected chi connectivity index (χ2v) is 3.42. The van der Waals surface area contributed by atoms with Crippen molar-refractivity contribution < 1.29 is 20.0 Å². The monoisotopic (exact) mass is 225 g/mol. The van der Waals surface area contributed by atoms with Gasteiger partial charge in [-0.15, -0.1) is 5.16 Å². The quantitative estimate of drug-likeness (QED) is 0.258. The van der Waals surface area contributed by atoms with Crippen molar-refractivity contribution in [2.24, 2.45) is 11.1 Å². The number of allylic oxidation sites excluding steroid dienone is 4. The topological polar surface area (TPSA) is 76.1 Å². The molecule has 88 valence electrons. The van der Waals surface area contributed by atoms with E-state index < -0.39 is 0 Å². The van der Waals surface area contributed by atoms with Gasteiger partial charge >= 0.3 is 0 Å². The smallest absolute Gasteiger partial charge is 0.199 e. The molecule has 0 heterocycles. The molecule has 0 aromatic carbocycles. The van der Waals surface area contributed by atoms with Crippen LogP contribution >= 0.6 is 0 Å². The van der Waals surface area contributed by atoms with Crippen molar-refractivity contribution in [3.8, 4) is 0 Å². The van der Waals surface area contributed by atoms with Gasteiger partial charge in [0.1, 0.15) is 13.2 Å². The number of aliphatic hydroxyl groups excluding tert-OH is 2. The van der Waals surface area contributed by atoms with Gasteiger partial charge in [-0.25, -0.2) is 4.58 Å². The van der Waals surface area contributed by atoms with Gasteiger partial charge in [-0.3, -0.25) is 0 Å². The van der Waals surface area contributed by atoms with Crippen molar-refractivity contribution in [2.45, 2.75) is 0 Å². The summed E-state index contributed by atoms with van der Waals surface area (Å²) in [5, 5.41) is 29.1. The molecule has 0 fully saturated rings. The molecule has 0 saturated heterocycles. The van der Waals surface area contributed by atoms with Crippen LogP contribution < -0.4 is 0 Å². The third-order valence-electron chi connectivity index (χ3n) is 2.32. The highest BCUT2D eigenvalue weighted by Crippen LogP contribution is 2.05. The van der Waals surface area contributed by atoms with Crippen LogP contribution in [0.15, 0.2) is 29.5 Å². The lowest BCUT2D eigenvalue weighted by molar-refractivity contribution is -0.530. The molecule has 1 aliphatic carbocycles. The second kappa shape index (κ2) is 6.92. The van der Waals surface area contributed by atoms with E-state index in [0.717, 1.165) is 5.71 Å². The number of hydrogen-bond acceptors (Lipinski definition) is 4. The first kappa shape index (κ1) is 12.6. The van der Waals surface area contributed by atoms with Crippen LogP contribution in [0.5, 0.6) is 0 Å². The van der Waals surface area contributed by atoms with Crippen LogP contribution in [0, 0.1) is 5.92 Å². The summed E-state index contributed by atoms with van der Waals surface area (Å²) in [6.45, 7) is 1.08. The van der Waals surface area contributed by atoms with Crippen LogP contribution in [0.4, 0.5) is 0 Å². The molecule has 5 heteroatoms. The Morgan fingerprint density at radius 3 is 2.19 bits per heavy atom. The van der Waals surface area contributed by atoms with Crippen molar-refractivity contribution in [3.05, 3.63) is 24.3 Å².